The molecule has 2 N–H and O–H groups in total. The van der Waals surface area contributed by atoms with Crippen LogP contribution in [0.2, 0.25) is 0 Å². The Balaban J connectivity index is 1.62. The Bertz CT molecular complexity index is 707. The molecule has 130 valence electrons. The molecule has 1 aromatic carbocycles. The molecule has 1 saturated heterocycles. The topological polar surface area (TPSA) is 59.6 Å². The van der Waals surface area contributed by atoms with E-state index in [4.69, 9.17) is 5.11 Å². The van der Waals surface area contributed by atoms with E-state index in [2.05, 4.69) is 16.9 Å². The predicted molar refractivity (Wildman–Crippen MR) is 91.5 cm³/mol. The van der Waals surface area contributed by atoms with Crippen molar-refractivity contribution >= 4 is 16.8 Å². The summed E-state index contributed by atoms with van der Waals surface area (Å²) in [6.07, 6.45) is 2.65. The molecule has 2 aromatic rings. The maximum Gasteiger partial charge on any atom is 0.270 e. The number of nitrogens with one attached hydrogen (secondary N) is 1. The lowest BCUT2D eigenvalue weighted by Crippen LogP contribution is -2.45. The van der Waals surface area contributed by atoms with Gasteiger partial charge in [-0.2, -0.15) is 0 Å². The summed E-state index contributed by atoms with van der Waals surface area (Å²) in [5.74, 6) is -0.324. The minimum atomic E-state index is -0.299. The zero-order valence-corrected chi connectivity index (χ0v) is 14.0. The fraction of sp³-hybridized carbons (Fsp3) is 0.500. The van der Waals surface area contributed by atoms with Gasteiger partial charge in [-0.1, -0.05) is 0 Å². The van der Waals surface area contributed by atoms with Crippen molar-refractivity contribution in [3.05, 3.63) is 35.8 Å². The van der Waals surface area contributed by atoms with Gasteiger partial charge in [-0.15, -0.1) is 0 Å². The van der Waals surface area contributed by atoms with Crippen molar-refractivity contribution in [3.63, 3.8) is 0 Å². The number of fused-ring (bicyclic) bond motifs is 1. The van der Waals surface area contributed by atoms with Crippen LogP contribution in [0.15, 0.2) is 24.3 Å². The van der Waals surface area contributed by atoms with Crippen LogP contribution >= 0.6 is 0 Å². The van der Waals surface area contributed by atoms with E-state index in [1.165, 1.54) is 12.1 Å². The summed E-state index contributed by atoms with van der Waals surface area (Å²) in [6.45, 7) is 2.53. The molecular weight excluding hydrogens is 309 g/mol. The van der Waals surface area contributed by atoms with Crippen molar-refractivity contribution in [1.82, 2.24) is 14.8 Å². The van der Waals surface area contributed by atoms with Gasteiger partial charge in [0.2, 0.25) is 0 Å². The second-order valence-electron chi connectivity index (χ2n) is 6.50. The van der Waals surface area contributed by atoms with Gasteiger partial charge in [0.15, 0.2) is 0 Å². The number of benzene rings is 1. The van der Waals surface area contributed by atoms with Crippen molar-refractivity contribution in [2.75, 3.05) is 33.3 Å². The van der Waals surface area contributed by atoms with Crippen LogP contribution in [-0.2, 0) is 0 Å². The summed E-state index contributed by atoms with van der Waals surface area (Å²) in [5, 5.41) is 9.64. The molecule has 0 bridgehead atoms. The first-order chi connectivity index (χ1) is 11.6. The molecule has 0 atom stereocenters. The van der Waals surface area contributed by atoms with Crippen molar-refractivity contribution in [2.24, 2.45) is 0 Å². The molecule has 1 amide bonds. The lowest BCUT2D eigenvalue weighted by atomic mass is 10.0. The first-order valence-corrected chi connectivity index (χ1v) is 8.47. The number of rotatable bonds is 5. The van der Waals surface area contributed by atoms with Crippen LogP contribution in [0.4, 0.5) is 4.39 Å². The molecule has 24 heavy (non-hydrogen) atoms. The Kier molecular flexibility index (Phi) is 5.16. The highest BCUT2D eigenvalue weighted by Crippen LogP contribution is 2.21. The monoisotopic (exact) mass is 333 g/mol. The molecule has 0 radical (unpaired) electrons. The summed E-state index contributed by atoms with van der Waals surface area (Å²) in [7, 11) is 2.07. The minimum Gasteiger partial charge on any atom is -0.396 e. The number of likely N-dealkylation sites (tertiary alicyclic amines) is 1. The molecule has 5 nitrogen and oxygen atoms in total. The number of amides is 1. The molecule has 1 aromatic heterocycles. The zero-order chi connectivity index (χ0) is 17.1. The molecule has 0 aliphatic carbocycles. The zero-order valence-electron chi connectivity index (χ0n) is 14.0. The van der Waals surface area contributed by atoms with E-state index in [0.717, 1.165) is 49.8 Å². The normalized spacial score (nSPS) is 16.2. The number of hydrogen-bond donors (Lipinski definition) is 2. The lowest BCUT2D eigenvalue weighted by molar-refractivity contribution is 0.0636. The SMILES string of the molecule is CN(CCCO)C1CCN(C(=O)c2cc3cc(F)ccc3[nH]2)CC1. The Labute approximate surface area is 141 Å². The van der Waals surface area contributed by atoms with Crippen LogP contribution < -0.4 is 0 Å². The molecule has 1 fully saturated rings. The van der Waals surface area contributed by atoms with Crippen molar-refractivity contribution in [3.8, 4) is 0 Å². The number of hydrogen-bond acceptors (Lipinski definition) is 3. The van der Waals surface area contributed by atoms with Crippen LogP contribution in [0.1, 0.15) is 29.8 Å². The number of H-pyrrole nitrogens is 1. The summed E-state index contributed by atoms with van der Waals surface area (Å²) < 4.78 is 13.3. The Hall–Kier alpha value is -1.92. The average Bonchev–Trinajstić information content (AvgIpc) is 3.02. The van der Waals surface area contributed by atoms with E-state index in [1.54, 1.807) is 12.1 Å². The summed E-state index contributed by atoms with van der Waals surface area (Å²) in [5.41, 5.74) is 1.29. The highest BCUT2D eigenvalue weighted by atomic mass is 19.1. The first-order valence-electron chi connectivity index (χ1n) is 8.47. The third kappa shape index (κ3) is 3.60. The van der Waals surface area contributed by atoms with Crippen LogP contribution in [0.5, 0.6) is 0 Å². The number of piperidine rings is 1. The number of aromatic amines is 1. The molecule has 1 aliphatic heterocycles. The Morgan fingerprint density at radius 2 is 2.12 bits per heavy atom. The van der Waals surface area contributed by atoms with Gasteiger partial charge in [-0.25, -0.2) is 4.39 Å². The fourth-order valence-corrected chi connectivity index (χ4v) is 3.40. The maximum atomic E-state index is 13.3. The van der Waals surface area contributed by atoms with E-state index in [9.17, 15) is 9.18 Å². The number of carbonyl (C=O) groups is 1. The predicted octanol–water partition coefficient (Wildman–Crippen LogP) is 2.23. The van der Waals surface area contributed by atoms with Gasteiger partial charge in [-0.05, 0) is 50.6 Å². The fourth-order valence-electron chi connectivity index (χ4n) is 3.40. The smallest absolute Gasteiger partial charge is 0.270 e. The molecule has 6 heteroatoms. The van der Waals surface area contributed by atoms with Gasteiger partial charge in [0, 0.05) is 43.2 Å². The van der Waals surface area contributed by atoms with E-state index in [1.807, 2.05) is 4.90 Å². The van der Waals surface area contributed by atoms with Crippen molar-refractivity contribution in [2.45, 2.75) is 25.3 Å². The third-order valence-corrected chi connectivity index (χ3v) is 4.86. The number of aromatic nitrogens is 1. The van der Waals surface area contributed by atoms with Gasteiger partial charge in [0.1, 0.15) is 11.5 Å². The van der Waals surface area contributed by atoms with Gasteiger partial charge in [-0.3, -0.25) is 4.79 Å². The maximum absolute atomic E-state index is 13.3. The van der Waals surface area contributed by atoms with Gasteiger partial charge in [0.25, 0.3) is 5.91 Å². The van der Waals surface area contributed by atoms with Gasteiger partial charge in [0.05, 0.1) is 0 Å². The van der Waals surface area contributed by atoms with E-state index in [-0.39, 0.29) is 18.3 Å². The standard InChI is InChI=1S/C18H24FN3O2/c1-21(7-2-10-23)15-5-8-22(9-6-15)18(24)17-12-13-11-14(19)3-4-16(13)20-17/h3-4,11-12,15,20,23H,2,5-10H2,1H3. The molecule has 0 unspecified atom stereocenters. The molecular formula is C18H24FN3O2. The molecule has 1 aliphatic rings. The van der Waals surface area contributed by atoms with Gasteiger partial charge < -0.3 is 19.9 Å². The summed E-state index contributed by atoms with van der Waals surface area (Å²) in [6, 6.07) is 6.66. The quantitative estimate of drug-likeness (QED) is 0.882. The second-order valence-corrected chi connectivity index (χ2v) is 6.50. The van der Waals surface area contributed by atoms with Crippen LogP contribution in [0.3, 0.4) is 0 Å². The number of nitrogens with zero attached hydrogens (tertiary/aromatic N) is 2. The largest absolute Gasteiger partial charge is 0.396 e. The third-order valence-electron chi connectivity index (χ3n) is 4.86. The number of aliphatic hydroxyl groups is 1. The highest BCUT2D eigenvalue weighted by Gasteiger charge is 2.26. The number of halogens is 1. The average molecular weight is 333 g/mol. The highest BCUT2D eigenvalue weighted by molar-refractivity contribution is 5.98. The number of aliphatic hydroxyl groups excluding tert-OH is 1. The molecule has 3 rings (SSSR count). The van der Waals surface area contributed by atoms with E-state index >= 15 is 0 Å². The van der Waals surface area contributed by atoms with Crippen LogP contribution in [-0.4, -0.2) is 65.1 Å². The minimum absolute atomic E-state index is 0.0249. The van der Waals surface area contributed by atoms with Crippen molar-refractivity contribution in [1.29, 1.82) is 0 Å². The van der Waals surface area contributed by atoms with E-state index in [0.29, 0.717) is 11.7 Å². The molecule has 2 heterocycles. The Morgan fingerprint density at radius 1 is 1.38 bits per heavy atom. The first kappa shape index (κ1) is 16.9. The lowest BCUT2D eigenvalue weighted by Gasteiger charge is -2.36. The molecule has 0 saturated carbocycles. The summed E-state index contributed by atoms with van der Waals surface area (Å²) in [4.78, 5) is 19.9. The van der Waals surface area contributed by atoms with Crippen molar-refractivity contribution < 1.29 is 14.3 Å². The molecule has 0 spiro atoms. The second kappa shape index (κ2) is 7.32. The van der Waals surface area contributed by atoms with Crippen LogP contribution in [0, 0.1) is 5.82 Å². The Morgan fingerprint density at radius 3 is 2.83 bits per heavy atom. The number of carbonyl (C=O) groups excluding carboxylic acids is 1. The van der Waals surface area contributed by atoms with E-state index < -0.39 is 0 Å². The van der Waals surface area contributed by atoms with Gasteiger partial charge >= 0.3 is 0 Å². The van der Waals surface area contributed by atoms with Crippen LogP contribution in [0.25, 0.3) is 10.9 Å². The summed E-state index contributed by atoms with van der Waals surface area (Å²) >= 11 is 0.